The Bertz CT molecular complexity index is 327. The molecule has 2 rings (SSSR count). The van der Waals surface area contributed by atoms with Crippen molar-refractivity contribution in [3.63, 3.8) is 0 Å². The second-order valence-corrected chi connectivity index (χ2v) is 5.04. The predicted octanol–water partition coefficient (Wildman–Crippen LogP) is 2.59. The zero-order chi connectivity index (χ0) is 10.7. The van der Waals surface area contributed by atoms with E-state index in [1.165, 1.54) is 25.2 Å². The normalized spacial score (nSPS) is 18.9. The topological polar surface area (TPSA) is 6.48 Å². The molecule has 0 saturated carbocycles. The molecule has 0 bridgehead atoms. The maximum Gasteiger partial charge on any atom is 0.0377 e. The average Bonchev–Trinajstić information content (AvgIpc) is 2.43. The molecule has 0 spiro atoms. The third-order valence-corrected chi connectivity index (χ3v) is 3.39. The molecule has 0 aliphatic carbocycles. The molecule has 0 unspecified atom stereocenters. The molecule has 1 aliphatic rings. The van der Waals surface area contributed by atoms with Crippen molar-refractivity contribution in [3.8, 4) is 0 Å². The van der Waals surface area contributed by atoms with Crippen LogP contribution in [0.5, 0.6) is 0 Å². The summed E-state index contributed by atoms with van der Waals surface area (Å²) in [5.74, 6) is 0. The van der Waals surface area contributed by atoms with E-state index in [4.69, 9.17) is 0 Å². The Morgan fingerprint density at radius 2 is 2.00 bits per heavy atom. The zero-order valence-electron chi connectivity index (χ0n) is 9.12. The number of anilines is 1. The number of hydrogen-bond donors (Lipinski definition) is 0. The molecule has 1 saturated heterocycles. The van der Waals surface area contributed by atoms with Crippen molar-refractivity contribution in [2.45, 2.75) is 6.42 Å². The van der Waals surface area contributed by atoms with Crippen LogP contribution in [-0.2, 0) is 0 Å². The van der Waals surface area contributed by atoms with Crippen LogP contribution in [0.25, 0.3) is 0 Å². The van der Waals surface area contributed by atoms with Crippen LogP contribution in [-0.4, -0.2) is 38.1 Å². The lowest BCUT2D eigenvalue weighted by atomic mass is 10.3. The highest BCUT2D eigenvalue weighted by molar-refractivity contribution is 9.10. The molecule has 1 heterocycles. The molecule has 0 atom stereocenters. The summed E-state index contributed by atoms with van der Waals surface area (Å²) in [4.78, 5) is 4.87. The van der Waals surface area contributed by atoms with Gasteiger partial charge in [0.25, 0.3) is 0 Å². The van der Waals surface area contributed by atoms with Gasteiger partial charge in [0.05, 0.1) is 0 Å². The Kier molecular flexibility index (Phi) is 3.65. The first kappa shape index (κ1) is 11.0. The van der Waals surface area contributed by atoms with Gasteiger partial charge in [-0.3, -0.25) is 0 Å². The van der Waals surface area contributed by atoms with Gasteiger partial charge in [-0.05, 0) is 38.2 Å². The van der Waals surface area contributed by atoms with Crippen LogP contribution in [0.4, 0.5) is 5.69 Å². The standard InChI is InChI=1S/C12H17BrN2/c1-14-6-3-7-15(9-8-14)12-5-2-4-11(13)10-12/h2,4-5,10H,3,6-9H2,1H3. The third kappa shape index (κ3) is 2.95. The van der Waals surface area contributed by atoms with Gasteiger partial charge >= 0.3 is 0 Å². The van der Waals surface area contributed by atoms with Crippen molar-refractivity contribution in [3.05, 3.63) is 28.7 Å². The van der Waals surface area contributed by atoms with E-state index in [-0.39, 0.29) is 0 Å². The van der Waals surface area contributed by atoms with Crippen LogP contribution >= 0.6 is 15.9 Å². The van der Waals surface area contributed by atoms with Crippen molar-refractivity contribution in [2.24, 2.45) is 0 Å². The summed E-state index contributed by atoms with van der Waals surface area (Å²) in [6.07, 6.45) is 1.25. The highest BCUT2D eigenvalue weighted by Crippen LogP contribution is 2.20. The molecule has 0 N–H and O–H groups in total. The van der Waals surface area contributed by atoms with E-state index in [2.05, 4.69) is 57.0 Å². The minimum absolute atomic E-state index is 1.13. The Labute approximate surface area is 100 Å². The molecule has 1 fully saturated rings. The summed E-state index contributed by atoms with van der Waals surface area (Å²) in [5, 5.41) is 0. The van der Waals surface area contributed by atoms with Gasteiger partial charge in [0.1, 0.15) is 0 Å². The lowest BCUT2D eigenvalue weighted by Crippen LogP contribution is -2.28. The van der Waals surface area contributed by atoms with Crippen LogP contribution in [0, 0.1) is 0 Å². The molecule has 1 aromatic carbocycles. The molecule has 1 aliphatic heterocycles. The van der Waals surface area contributed by atoms with Gasteiger partial charge in [-0.2, -0.15) is 0 Å². The van der Waals surface area contributed by atoms with Crippen molar-refractivity contribution in [1.82, 2.24) is 4.90 Å². The summed E-state index contributed by atoms with van der Waals surface area (Å²) >= 11 is 3.52. The van der Waals surface area contributed by atoms with Crippen LogP contribution in [0.1, 0.15) is 6.42 Å². The zero-order valence-corrected chi connectivity index (χ0v) is 10.7. The molecule has 0 amide bonds. The van der Waals surface area contributed by atoms with E-state index in [1.54, 1.807) is 0 Å². The van der Waals surface area contributed by atoms with E-state index in [0.29, 0.717) is 0 Å². The molecule has 2 nitrogen and oxygen atoms in total. The van der Waals surface area contributed by atoms with Crippen LogP contribution in [0.3, 0.4) is 0 Å². The number of hydrogen-bond acceptors (Lipinski definition) is 2. The van der Waals surface area contributed by atoms with Gasteiger partial charge in [0, 0.05) is 29.8 Å². The monoisotopic (exact) mass is 268 g/mol. The molecule has 1 aromatic rings. The van der Waals surface area contributed by atoms with Crippen LogP contribution in [0.2, 0.25) is 0 Å². The maximum atomic E-state index is 3.52. The quantitative estimate of drug-likeness (QED) is 0.773. The molecule has 3 heteroatoms. The number of nitrogens with zero attached hydrogens (tertiary/aromatic N) is 2. The smallest absolute Gasteiger partial charge is 0.0377 e. The summed E-state index contributed by atoms with van der Waals surface area (Å²) in [6, 6.07) is 8.57. The maximum absolute atomic E-state index is 3.52. The highest BCUT2D eigenvalue weighted by atomic mass is 79.9. The Morgan fingerprint density at radius 3 is 2.80 bits per heavy atom. The lowest BCUT2D eigenvalue weighted by Gasteiger charge is -2.22. The van der Waals surface area contributed by atoms with E-state index in [9.17, 15) is 0 Å². The Hall–Kier alpha value is -0.540. The summed E-state index contributed by atoms with van der Waals surface area (Å²) in [7, 11) is 2.20. The number of benzene rings is 1. The van der Waals surface area contributed by atoms with Crippen LogP contribution < -0.4 is 4.90 Å². The van der Waals surface area contributed by atoms with Crippen molar-refractivity contribution >= 4 is 21.6 Å². The van der Waals surface area contributed by atoms with Gasteiger partial charge in [0.15, 0.2) is 0 Å². The molecular formula is C12H17BrN2. The Balaban J connectivity index is 2.09. The van der Waals surface area contributed by atoms with Gasteiger partial charge < -0.3 is 9.80 Å². The van der Waals surface area contributed by atoms with Gasteiger partial charge in [0.2, 0.25) is 0 Å². The largest absolute Gasteiger partial charge is 0.370 e. The summed E-state index contributed by atoms with van der Waals surface area (Å²) in [5.41, 5.74) is 1.33. The van der Waals surface area contributed by atoms with E-state index in [0.717, 1.165) is 17.6 Å². The average molecular weight is 269 g/mol. The first-order valence-electron chi connectivity index (χ1n) is 5.45. The van der Waals surface area contributed by atoms with Crippen molar-refractivity contribution in [1.29, 1.82) is 0 Å². The first-order chi connectivity index (χ1) is 7.25. The van der Waals surface area contributed by atoms with E-state index >= 15 is 0 Å². The van der Waals surface area contributed by atoms with Gasteiger partial charge in [-0.25, -0.2) is 0 Å². The number of rotatable bonds is 1. The minimum atomic E-state index is 1.13. The van der Waals surface area contributed by atoms with E-state index in [1.807, 2.05) is 0 Å². The fourth-order valence-corrected chi connectivity index (χ4v) is 2.36. The van der Waals surface area contributed by atoms with E-state index < -0.39 is 0 Å². The molecule has 0 radical (unpaired) electrons. The fourth-order valence-electron chi connectivity index (χ4n) is 1.98. The minimum Gasteiger partial charge on any atom is -0.370 e. The number of likely N-dealkylation sites (N-methyl/N-ethyl adjacent to an activating group) is 1. The summed E-state index contributed by atoms with van der Waals surface area (Å²) in [6.45, 7) is 4.67. The molecule has 82 valence electrons. The molecule has 15 heavy (non-hydrogen) atoms. The second-order valence-electron chi connectivity index (χ2n) is 4.12. The first-order valence-corrected chi connectivity index (χ1v) is 6.24. The summed E-state index contributed by atoms with van der Waals surface area (Å²) < 4.78 is 1.16. The van der Waals surface area contributed by atoms with Crippen molar-refractivity contribution < 1.29 is 0 Å². The van der Waals surface area contributed by atoms with Crippen LogP contribution in [0.15, 0.2) is 28.7 Å². The highest BCUT2D eigenvalue weighted by Gasteiger charge is 2.12. The van der Waals surface area contributed by atoms with Gasteiger partial charge in [-0.1, -0.05) is 22.0 Å². The molecular weight excluding hydrogens is 252 g/mol. The number of halogens is 1. The predicted molar refractivity (Wildman–Crippen MR) is 68.5 cm³/mol. The van der Waals surface area contributed by atoms with Gasteiger partial charge in [-0.15, -0.1) is 0 Å². The second kappa shape index (κ2) is 4.99. The lowest BCUT2D eigenvalue weighted by molar-refractivity contribution is 0.360. The SMILES string of the molecule is CN1CCCN(c2cccc(Br)c2)CC1. The fraction of sp³-hybridized carbons (Fsp3) is 0.500. The Morgan fingerprint density at radius 1 is 1.13 bits per heavy atom. The molecule has 0 aromatic heterocycles. The van der Waals surface area contributed by atoms with Crippen molar-refractivity contribution in [2.75, 3.05) is 38.1 Å². The third-order valence-electron chi connectivity index (χ3n) is 2.89.